The van der Waals surface area contributed by atoms with Gasteiger partial charge in [-0.15, -0.1) is 0 Å². The summed E-state index contributed by atoms with van der Waals surface area (Å²) in [5, 5.41) is 11.5. The summed E-state index contributed by atoms with van der Waals surface area (Å²) in [5.74, 6) is 0.617. The number of ketones is 1. The van der Waals surface area contributed by atoms with Crippen LogP contribution in [0.25, 0.3) is 5.76 Å². The van der Waals surface area contributed by atoms with E-state index in [1.165, 1.54) is 0 Å². The van der Waals surface area contributed by atoms with Gasteiger partial charge in [0.1, 0.15) is 24.7 Å². The fraction of sp³-hybridized carbons (Fsp3) is 0.312. The van der Waals surface area contributed by atoms with Crippen LogP contribution in [0.15, 0.2) is 78.4 Å². The normalized spacial score (nSPS) is 18.0. The fourth-order valence-corrected chi connectivity index (χ4v) is 4.88. The van der Waals surface area contributed by atoms with Crippen LogP contribution in [-0.4, -0.2) is 48.1 Å². The molecule has 0 aliphatic carbocycles. The molecule has 3 aromatic rings. The van der Waals surface area contributed by atoms with E-state index in [0.29, 0.717) is 67.1 Å². The van der Waals surface area contributed by atoms with E-state index in [0.717, 1.165) is 12.0 Å². The lowest BCUT2D eigenvalue weighted by Gasteiger charge is -2.26. The Hall–Kier alpha value is -4.26. The minimum atomic E-state index is -0.768. The highest BCUT2D eigenvalue weighted by atomic mass is 16.6. The maximum atomic E-state index is 13.4. The van der Waals surface area contributed by atoms with Gasteiger partial charge in [-0.05, 0) is 60.2 Å². The van der Waals surface area contributed by atoms with Crippen LogP contribution in [0.2, 0.25) is 0 Å². The summed E-state index contributed by atoms with van der Waals surface area (Å²) in [6, 6.07) is 21.5. The molecular weight excluding hydrogens is 494 g/mol. The summed E-state index contributed by atoms with van der Waals surface area (Å²) in [6.45, 7) is 5.99. The number of aliphatic hydroxyl groups is 1. The summed E-state index contributed by atoms with van der Waals surface area (Å²) < 4.78 is 17.3. The number of likely N-dealkylation sites (tertiary alicyclic amines) is 1. The van der Waals surface area contributed by atoms with Crippen LogP contribution in [0.5, 0.6) is 17.2 Å². The van der Waals surface area contributed by atoms with Gasteiger partial charge in [0.15, 0.2) is 11.5 Å². The molecule has 2 aliphatic heterocycles. The molecule has 1 N–H and O–H groups in total. The lowest BCUT2D eigenvalue weighted by Crippen LogP contribution is -2.31. The quantitative estimate of drug-likeness (QED) is 0.223. The third-order valence-electron chi connectivity index (χ3n) is 6.98. The Morgan fingerprint density at radius 3 is 2.51 bits per heavy atom. The SMILES string of the molecule is CC(C)CCOc1cccc([C@@H]2/C(=C(\O)c3ccc4c(c3)OCCO4)C(=O)C(=O)N2CCc2ccccc2)c1. The minimum Gasteiger partial charge on any atom is -0.507 e. The van der Waals surface area contributed by atoms with Crippen molar-refractivity contribution in [1.29, 1.82) is 0 Å². The van der Waals surface area contributed by atoms with Gasteiger partial charge < -0.3 is 24.2 Å². The maximum Gasteiger partial charge on any atom is 0.295 e. The van der Waals surface area contributed by atoms with Gasteiger partial charge in [0, 0.05) is 12.1 Å². The van der Waals surface area contributed by atoms with Gasteiger partial charge in [-0.2, -0.15) is 0 Å². The molecule has 202 valence electrons. The molecule has 0 saturated carbocycles. The highest BCUT2D eigenvalue weighted by Crippen LogP contribution is 2.41. The van der Waals surface area contributed by atoms with Gasteiger partial charge in [-0.25, -0.2) is 0 Å². The molecule has 7 heteroatoms. The molecule has 39 heavy (non-hydrogen) atoms. The number of hydrogen-bond acceptors (Lipinski definition) is 6. The van der Waals surface area contributed by atoms with Crippen LogP contribution in [0.4, 0.5) is 0 Å². The number of ether oxygens (including phenoxy) is 3. The zero-order valence-electron chi connectivity index (χ0n) is 22.3. The van der Waals surface area contributed by atoms with Crippen LogP contribution in [-0.2, 0) is 16.0 Å². The maximum absolute atomic E-state index is 13.4. The molecular formula is C32H33NO6. The van der Waals surface area contributed by atoms with E-state index in [1.54, 1.807) is 23.1 Å². The topological polar surface area (TPSA) is 85.3 Å². The molecule has 7 nitrogen and oxygen atoms in total. The molecule has 1 saturated heterocycles. The predicted molar refractivity (Wildman–Crippen MR) is 148 cm³/mol. The van der Waals surface area contributed by atoms with Gasteiger partial charge >= 0.3 is 0 Å². The smallest absolute Gasteiger partial charge is 0.295 e. The number of fused-ring (bicyclic) bond motifs is 1. The highest BCUT2D eigenvalue weighted by Gasteiger charge is 2.46. The highest BCUT2D eigenvalue weighted by molar-refractivity contribution is 6.46. The van der Waals surface area contributed by atoms with Gasteiger partial charge in [0.05, 0.1) is 18.2 Å². The Balaban J connectivity index is 1.54. The van der Waals surface area contributed by atoms with E-state index >= 15 is 0 Å². The molecule has 5 rings (SSSR count). The molecule has 0 radical (unpaired) electrons. The van der Waals surface area contributed by atoms with Crippen LogP contribution < -0.4 is 14.2 Å². The summed E-state index contributed by atoms with van der Waals surface area (Å²) in [6.07, 6.45) is 1.48. The number of rotatable bonds is 9. The molecule has 0 aromatic heterocycles. The Labute approximate surface area is 228 Å². The summed E-state index contributed by atoms with van der Waals surface area (Å²) >= 11 is 0. The lowest BCUT2D eigenvalue weighted by molar-refractivity contribution is -0.139. The number of carbonyl (C=O) groups is 2. The van der Waals surface area contributed by atoms with E-state index in [1.807, 2.05) is 54.6 Å². The second-order valence-corrected chi connectivity index (χ2v) is 10.2. The number of benzene rings is 3. The molecule has 3 aromatic carbocycles. The Bertz CT molecular complexity index is 1380. The molecule has 0 spiro atoms. The van der Waals surface area contributed by atoms with Crippen molar-refractivity contribution >= 4 is 17.4 Å². The van der Waals surface area contributed by atoms with Crippen molar-refractivity contribution in [2.75, 3.05) is 26.4 Å². The minimum absolute atomic E-state index is 0.0454. The average Bonchev–Trinajstić information content (AvgIpc) is 3.21. The zero-order valence-corrected chi connectivity index (χ0v) is 22.3. The van der Waals surface area contributed by atoms with Crippen LogP contribution >= 0.6 is 0 Å². The van der Waals surface area contributed by atoms with Gasteiger partial charge in [0.25, 0.3) is 11.7 Å². The third-order valence-corrected chi connectivity index (χ3v) is 6.98. The number of hydrogen-bond donors (Lipinski definition) is 1. The second kappa shape index (κ2) is 11.6. The number of amides is 1. The summed E-state index contributed by atoms with van der Waals surface area (Å²) in [7, 11) is 0. The van der Waals surface area contributed by atoms with E-state index in [9.17, 15) is 14.7 Å². The van der Waals surface area contributed by atoms with E-state index < -0.39 is 17.7 Å². The first-order valence-electron chi connectivity index (χ1n) is 13.4. The van der Waals surface area contributed by atoms with Gasteiger partial charge in [-0.3, -0.25) is 9.59 Å². The van der Waals surface area contributed by atoms with Crippen molar-refractivity contribution < 1.29 is 28.9 Å². The first-order chi connectivity index (χ1) is 18.9. The Morgan fingerprint density at radius 1 is 0.974 bits per heavy atom. The first-order valence-corrected chi connectivity index (χ1v) is 13.4. The monoisotopic (exact) mass is 527 g/mol. The Morgan fingerprint density at radius 2 is 1.74 bits per heavy atom. The Kier molecular flexibility index (Phi) is 7.87. The summed E-state index contributed by atoms with van der Waals surface area (Å²) in [4.78, 5) is 28.4. The van der Waals surface area contributed by atoms with E-state index in [4.69, 9.17) is 14.2 Å². The zero-order chi connectivity index (χ0) is 27.4. The van der Waals surface area contributed by atoms with E-state index in [-0.39, 0.29) is 11.3 Å². The molecule has 2 aliphatic rings. The summed E-state index contributed by atoms with van der Waals surface area (Å²) in [5.41, 5.74) is 2.18. The number of Topliss-reactive ketones (excluding diaryl/α,β-unsaturated/α-hetero) is 1. The van der Waals surface area contributed by atoms with Crippen LogP contribution in [0, 0.1) is 5.92 Å². The molecule has 1 fully saturated rings. The third kappa shape index (κ3) is 5.77. The second-order valence-electron chi connectivity index (χ2n) is 10.2. The van der Waals surface area contributed by atoms with E-state index in [2.05, 4.69) is 13.8 Å². The van der Waals surface area contributed by atoms with Crippen molar-refractivity contribution in [3.05, 3.63) is 95.1 Å². The number of nitrogens with zero attached hydrogens (tertiary/aromatic N) is 1. The molecule has 1 amide bonds. The average molecular weight is 528 g/mol. The lowest BCUT2D eigenvalue weighted by atomic mass is 9.95. The van der Waals surface area contributed by atoms with Crippen LogP contribution in [0.3, 0.4) is 0 Å². The van der Waals surface area contributed by atoms with Crippen LogP contribution in [0.1, 0.15) is 43.0 Å². The standard InChI is InChI=1S/C32H33NO6/c1-21(2)14-16-37-25-10-6-9-23(19-25)29-28(30(34)24-11-12-26-27(20-24)39-18-17-38-26)31(35)32(36)33(29)15-13-22-7-4-3-5-8-22/h3-12,19-21,29,34H,13-18H2,1-2H3/b30-28+/t29-/m1/s1. The molecule has 0 bridgehead atoms. The number of carbonyl (C=O) groups excluding carboxylic acids is 2. The van der Waals surface area contributed by atoms with Crippen molar-refractivity contribution in [3.63, 3.8) is 0 Å². The first kappa shape index (κ1) is 26.4. The van der Waals surface area contributed by atoms with Crippen molar-refractivity contribution in [1.82, 2.24) is 4.90 Å². The molecule has 0 unspecified atom stereocenters. The number of aliphatic hydroxyl groups excluding tert-OH is 1. The van der Waals surface area contributed by atoms with Crippen molar-refractivity contribution in [2.24, 2.45) is 5.92 Å². The van der Waals surface area contributed by atoms with Crippen molar-refractivity contribution in [3.8, 4) is 17.2 Å². The van der Waals surface area contributed by atoms with Crippen molar-refractivity contribution in [2.45, 2.75) is 32.7 Å². The largest absolute Gasteiger partial charge is 0.507 e. The van der Waals surface area contributed by atoms with Gasteiger partial charge in [0.2, 0.25) is 0 Å². The predicted octanol–water partition coefficient (Wildman–Crippen LogP) is 5.55. The molecule has 2 heterocycles. The van der Waals surface area contributed by atoms with Gasteiger partial charge in [-0.1, -0.05) is 56.3 Å². The fourth-order valence-electron chi connectivity index (χ4n) is 4.88. The molecule has 1 atom stereocenters.